The van der Waals surface area contributed by atoms with Crippen LogP contribution in [0.1, 0.15) is 138 Å². The second-order valence-electron chi connectivity index (χ2n) is 12.2. The van der Waals surface area contributed by atoms with Crippen LogP contribution in [0.3, 0.4) is 0 Å². The molecule has 2 aromatic carbocycles. The first-order valence-corrected chi connectivity index (χ1v) is 15.7. The number of alkyl halides is 2. The molecular formula is C35H50F2O. The maximum absolute atomic E-state index is 14.8. The molecule has 2 saturated carbocycles. The van der Waals surface area contributed by atoms with Gasteiger partial charge in [0, 0.05) is 0 Å². The van der Waals surface area contributed by atoms with Gasteiger partial charge in [-0.25, -0.2) is 0 Å². The molecule has 0 heterocycles. The molecule has 0 aromatic heterocycles. The monoisotopic (exact) mass is 524 g/mol. The molecule has 2 fully saturated rings. The highest BCUT2D eigenvalue weighted by Crippen LogP contribution is 2.39. The van der Waals surface area contributed by atoms with Crippen LogP contribution in [0.15, 0.2) is 48.5 Å². The molecule has 0 radical (unpaired) electrons. The third-order valence-corrected chi connectivity index (χ3v) is 9.45. The Morgan fingerprint density at radius 1 is 0.658 bits per heavy atom. The Morgan fingerprint density at radius 3 is 1.71 bits per heavy atom. The Labute approximate surface area is 230 Å². The van der Waals surface area contributed by atoms with E-state index >= 15 is 0 Å². The Bertz CT molecular complexity index is 919. The second-order valence-corrected chi connectivity index (χ2v) is 12.2. The van der Waals surface area contributed by atoms with Gasteiger partial charge in [0.15, 0.2) is 0 Å². The van der Waals surface area contributed by atoms with Crippen LogP contribution < -0.4 is 0 Å². The lowest BCUT2D eigenvalue weighted by Gasteiger charge is -2.29. The molecule has 0 saturated heterocycles. The lowest BCUT2D eigenvalue weighted by atomic mass is 9.77. The maximum atomic E-state index is 14.8. The van der Waals surface area contributed by atoms with Gasteiger partial charge in [-0.2, -0.15) is 8.78 Å². The van der Waals surface area contributed by atoms with Gasteiger partial charge in [0.1, 0.15) is 0 Å². The van der Waals surface area contributed by atoms with Crippen molar-refractivity contribution in [3.63, 3.8) is 0 Å². The molecule has 0 unspecified atom stereocenters. The van der Waals surface area contributed by atoms with Gasteiger partial charge in [0.2, 0.25) is 0 Å². The van der Waals surface area contributed by atoms with Crippen molar-refractivity contribution >= 4 is 0 Å². The summed E-state index contributed by atoms with van der Waals surface area (Å²) < 4.78 is 34.7. The average molecular weight is 525 g/mol. The standard InChI is InChI=1S/C35H50F2O/c1-3-5-6-8-28-11-17-32(18-12-28)33-21-23-34(24-22-33)35(36,37)38-26-25-29-13-19-31(20-14-29)30-15-9-27(7-4-2)10-16-30/h13-14,19-24,27-28,30,32H,3-12,15-18,25-26H2,1-2H3. The first-order chi connectivity index (χ1) is 18.5. The zero-order chi connectivity index (χ0) is 26.8. The molecule has 0 atom stereocenters. The zero-order valence-corrected chi connectivity index (χ0v) is 23.9. The molecule has 210 valence electrons. The third kappa shape index (κ3) is 8.38. The summed E-state index contributed by atoms with van der Waals surface area (Å²) in [4.78, 5) is 0. The minimum absolute atomic E-state index is 0.0122. The molecule has 2 aromatic rings. The lowest BCUT2D eigenvalue weighted by Crippen LogP contribution is -2.20. The number of halogens is 2. The summed E-state index contributed by atoms with van der Waals surface area (Å²) >= 11 is 0. The summed E-state index contributed by atoms with van der Waals surface area (Å²) in [6.07, 6.45) is 15.4. The summed E-state index contributed by atoms with van der Waals surface area (Å²) in [6, 6.07) is 15.6. The fourth-order valence-corrected chi connectivity index (χ4v) is 6.95. The van der Waals surface area contributed by atoms with E-state index in [0.717, 1.165) is 17.4 Å². The van der Waals surface area contributed by atoms with E-state index in [1.54, 1.807) is 12.1 Å². The summed E-state index contributed by atoms with van der Waals surface area (Å²) in [6.45, 7) is 4.55. The lowest BCUT2D eigenvalue weighted by molar-refractivity contribution is -0.248. The predicted octanol–water partition coefficient (Wildman–Crippen LogP) is 10.9. The smallest absolute Gasteiger partial charge is 0.316 e. The summed E-state index contributed by atoms with van der Waals surface area (Å²) in [5, 5.41) is 0. The Kier molecular flexibility index (Phi) is 11.2. The Hall–Kier alpha value is -1.74. The maximum Gasteiger partial charge on any atom is 0.383 e. The average Bonchev–Trinajstić information content (AvgIpc) is 2.95. The topological polar surface area (TPSA) is 9.23 Å². The van der Waals surface area contributed by atoms with Gasteiger partial charge >= 0.3 is 6.11 Å². The fraction of sp³-hybridized carbons (Fsp3) is 0.657. The second kappa shape index (κ2) is 14.6. The minimum atomic E-state index is -3.26. The molecule has 1 nitrogen and oxygen atoms in total. The van der Waals surface area contributed by atoms with Crippen LogP contribution >= 0.6 is 0 Å². The SMILES string of the molecule is CCCCCC1CCC(c2ccc(C(F)(F)OCCc3ccc(C4CCC(CCC)CC4)cc3)cc2)CC1. The van der Waals surface area contributed by atoms with Gasteiger partial charge in [-0.15, -0.1) is 0 Å². The van der Waals surface area contributed by atoms with Crippen LogP contribution in [0, 0.1) is 11.8 Å². The molecular weight excluding hydrogens is 474 g/mol. The zero-order valence-electron chi connectivity index (χ0n) is 23.9. The van der Waals surface area contributed by atoms with Crippen molar-refractivity contribution in [3.8, 4) is 0 Å². The van der Waals surface area contributed by atoms with Crippen molar-refractivity contribution in [3.05, 3.63) is 70.8 Å². The largest absolute Gasteiger partial charge is 0.383 e. The fourth-order valence-electron chi connectivity index (χ4n) is 6.95. The highest BCUT2D eigenvalue weighted by atomic mass is 19.3. The first-order valence-electron chi connectivity index (χ1n) is 15.7. The van der Waals surface area contributed by atoms with E-state index in [0.29, 0.717) is 18.3 Å². The molecule has 0 amide bonds. The number of hydrogen-bond acceptors (Lipinski definition) is 1. The van der Waals surface area contributed by atoms with E-state index in [2.05, 4.69) is 38.1 Å². The van der Waals surface area contributed by atoms with Crippen LogP contribution in [0.5, 0.6) is 0 Å². The number of ether oxygens (including phenoxy) is 1. The van der Waals surface area contributed by atoms with E-state index in [-0.39, 0.29) is 12.2 Å². The highest BCUT2D eigenvalue weighted by Gasteiger charge is 2.33. The van der Waals surface area contributed by atoms with Crippen molar-refractivity contribution < 1.29 is 13.5 Å². The number of rotatable bonds is 13. The van der Waals surface area contributed by atoms with Gasteiger partial charge in [-0.3, -0.25) is 0 Å². The normalized spacial score (nSPS) is 24.4. The molecule has 2 aliphatic rings. The van der Waals surface area contributed by atoms with Gasteiger partial charge in [0.05, 0.1) is 12.2 Å². The quantitative estimate of drug-likeness (QED) is 0.237. The molecule has 0 N–H and O–H groups in total. The molecule has 0 aliphatic heterocycles. The van der Waals surface area contributed by atoms with Crippen LogP contribution in [0.25, 0.3) is 0 Å². The summed E-state index contributed by atoms with van der Waals surface area (Å²) in [5.74, 6) is 2.93. The van der Waals surface area contributed by atoms with E-state index in [1.807, 2.05) is 12.1 Å². The number of unbranched alkanes of at least 4 members (excludes halogenated alkanes) is 2. The van der Waals surface area contributed by atoms with Gasteiger partial charge in [-0.1, -0.05) is 101 Å². The van der Waals surface area contributed by atoms with E-state index in [1.165, 1.54) is 101 Å². The molecule has 3 heteroatoms. The predicted molar refractivity (Wildman–Crippen MR) is 155 cm³/mol. The van der Waals surface area contributed by atoms with Gasteiger partial charge in [-0.05, 0) is 98.1 Å². The summed E-state index contributed by atoms with van der Waals surface area (Å²) in [7, 11) is 0. The van der Waals surface area contributed by atoms with E-state index < -0.39 is 6.11 Å². The van der Waals surface area contributed by atoms with E-state index in [9.17, 15) is 8.78 Å². The molecule has 38 heavy (non-hydrogen) atoms. The van der Waals surface area contributed by atoms with Crippen molar-refractivity contribution in [1.82, 2.24) is 0 Å². The van der Waals surface area contributed by atoms with Crippen molar-refractivity contribution in [1.29, 1.82) is 0 Å². The van der Waals surface area contributed by atoms with Crippen LogP contribution in [0.4, 0.5) is 8.78 Å². The molecule has 4 rings (SSSR count). The van der Waals surface area contributed by atoms with Crippen LogP contribution in [-0.4, -0.2) is 6.61 Å². The first kappa shape index (κ1) is 29.2. The highest BCUT2D eigenvalue weighted by molar-refractivity contribution is 5.28. The van der Waals surface area contributed by atoms with Crippen molar-refractivity contribution in [2.24, 2.45) is 11.8 Å². The molecule has 2 aliphatic carbocycles. The van der Waals surface area contributed by atoms with Gasteiger partial charge < -0.3 is 4.74 Å². The third-order valence-electron chi connectivity index (χ3n) is 9.45. The van der Waals surface area contributed by atoms with Gasteiger partial charge in [0.25, 0.3) is 0 Å². The van der Waals surface area contributed by atoms with Crippen LogP contribution in [0.2, 0.25) is 0 Å². The van der Waals surface area contributed by atoms with E-state index in [4.69, 9.17) is 4.74 Å². The van der Waals surface area contributed by atoms with Crippen molar-refractivity contribution in [2.45, 2.75) is 128 Å². The number of benzene rings is 2. The Balaban J connectivity index is 1.20. The summed E-state index contributed by atoms with van der Waals surface area (Å²) in [5.41, 5.74) is 3.63. The minimum Gasteiger partial charge on any atom is -0.316 e. The van der Waals surface area contributed by atoms with Crippen molar-refractivity contribution in [2.75, 3.05) is 6.61 Å². The molecule has 0 bridgehead atoms. The Morgan fingerprint density at radius 2 is 1.18 bits per heavy atom. The van der Waals surface area contributed by atoms with Crippen LogP contribution in [-0.2, 0) is 17.3 Å². The molecule has 0 spiro atoms. The number of hydrogen-bond donors (Lipinski definition) is 0.